The van der Waals surface area contributed by atoms with Gasteiger partial charge >= 0.3 is 0 Å². The summed E-state index contributed by atoms with van der Waals surface area (Å²) in [6.45, 7) is 0.365. The number of hydrogen-bond donors (Lipinski definition) is 0. The molecule has 0 bridgehead atoms. The van der Waals surface area contributed by atoms with Crippen molar-refractivity contribution in [2.75, 3.05) is 10.7 Å². The quantitative estimate of drug-likeness (QED) is 0.289. The van der Waals surface area contributed by atoms with E-state index in [0.717, 1.165) is 21.3 Å². The van der Waals surface area contributed by atoms with Crippen molar-refractivity contribution in [2.24, 2.45) is 0 Å². The Labute approximate surface area is 202 Å². The molecule has 33 heavy (non-hydrogen) atoms. The lowest BCUT2D eigenvalue weighted by Gasteiger charge is -2.20. The van der Waals surface area contributed by atoms with E-state index >= 15 is 0 Å². The van der Waals surface area contributed by atoms with Crippen LogP contribution in [0.2, 0.25) is 5.02 Å². The molecule has 0 fully saturated rings. The summed E-state index contributed by atoms with van der Waals surface area (Å²) in [7, 11) is -3.30. The van der Waals surface area contributed by atoms with E-state index in [0.29, 0.717) is 16.7 Å². The Balaban J connectivity index is 1.48. The van der Waals surface area contributed by atoms with Gasteiger partial charge in [-0.05, 0) is 35.7 Å². The van der Waals surface area contributed by atoms with Crippen molar-refractivity contribution in [1.82, 2.24) is 4.98 Å². The zero-order valence-corrected chi connectivity index (χ0v) is 20.2. The van der Waals surface area contributed by atoms with E-state index in [2.05, 4.69) is 4.98 Å². The van der Waals surface area contributed by atoms with Crippen LogP contribution in [0.15, 0.2) is 78.9 Å². The topological polar surface area (TPSA) is 67.3 Å². The first kappa shape index (κ1) is 23.4. The van der Waals surface area contributed by atoms with Gasteiger partial charge in [-0.25, -0.2) is 13.4 Å². The number of sulfone groups is 1. The summed E-state index contributed by atoms with van der Waals surface area (Å²) < 4.78 is 25.9. The van der Waals surface area contributed by atoms with E-state index in [9.17, 15) is 13.2 Å². The zero-order chi connectivity index (χ0) is 23.3. The van der Waals surface area contributed by atoms with Gasteiger partial charge in [-0.3, -0.25) is 9.69 Å². The van der Waals surface area contributed by atoms with Crippen LogP contribution in [0.25, 0.3) is 10.2 Å². The highest BCUT2D eigenvalue weighted by Crippen LogP contribution is 2.32. The highest BCUT2D eigenvalue weighted by atomic mass is 35.5. The van der Waals surface area contributed by atoms with Gasteiger partial charge in [0.15, 0.2) is 15.0 Å². The molecule has 3 aromatic carbocycles. The molecule has 4 rings (SSSR count). The van der Waals surface area contributed by atoms with Crippen LogP contribution < -0.4 is 4.90 Å². The summed E-state index contributed by atoms with van der Waals surface area (Å²) in [6, 6.07) is 24.2. The Morgan fingerprint density at radius 2 is 1.61 bits per heavy atom. The smallest absolute Gasteiger partial charge is 0.229 e. The molecule has 0 atom stereocenters. The van der Waals surface area contributed by atoms with Crippen molar-refractivity contribution in [1.29, 1.82) is 0 Å². The summed E-state index contributed by atoms with van der Waals surface area (Å²) in [6.07, 6.45) is 0.382. The summed E-state index contributed by atoms with van der Waals surface area (Å²) in [5, 5.41) is 1.19. The third-order valence-corrected chi connectivity index (χ3v) is 8.09. The van der Waals surface area contributed by atoms with Crippen LogP contribution in [-0.4, -0.2) is 25.1 Å². The Bertz CT molecular complexity index is 1340. The second kappa shape index (κ2) is 10.5. The van der Waals surface area contributed by atoms with Crippen LogP contribution in [0, 0.1) is 0 Å². The van der Waals surface area contributed by atoms with Crippen LogP contribution in [-0.2, 0) is 26.9 Å². The van der Waals surface area contributed by atoms with Crippen LogP contribution in [0.1, 0.15) is 24.0 Å². The lowest BCUT2D eigenvalue weighted by Crippen LogP contribution is -2.30. The predicted octanol–water partition coefficient (Wildman–Crippen LogP) is 5.88. The van der Waals surface area contributed by atoms with Gasteiger partial charge in [0, 0.05) is 11.4 Å². The number of carbonyl (C=O) groups excluding carboxylic acids is 1. The minimum absolute atomic E-state index is 0.0195. The van der Waals surface area contributed by atoms with Crippen molar-refractivity contribution < 1.29 is 13.2 Å². The SMILES string of the molecule is O=C(CCCS(=O)(=O)Cc1ccccc1)N(Cc1ccccc1)c1nc2ccc(Cl)cc2s1. The van der Waals surface area contributed by atoms with E-state index < -0.39 is 9.84 Å². The molecular weight excluding hydrogens is 476 g/mol. The number of benzene rings is 3. The molecule has 0 spiro atoms. The number of thiazole rings is 1. The average molecular weight is 499 g/mol. The van der Waals surface area contributed by atoms with Gasteiger partial charge in [-0.2, -0.15) is 0 Å². The highest BCUT2D eigenvalue weighted by Gasteiger charge is 2.21. The van der Waals surface area contributed by atoms with Gasteiger partial charge in [-0.15, -0.1) is 0 Å². The molecule has 4 aromatic rings. The van der Waals surface area contributed by atoms with Gasteiger partial charge in [0.2, 0.25) is 5.91 Å². The fraction of sp³-hybridized carbons (Fsp3) is 0.200. The second-order valence-electron chi connectivity index (χ2n) is 7.76. The van der Waals surface area contributed by atoms with Crippen molar-refractivity contribution >= 4 is 54.0 Å². The molecule has 1 amide bonds. The zero-order valence-electron chi connectivity index (χ0n) is 17.9. The number of fused-ring (bicyclic) bond motifs is 1. The fourth-order valence-electron chi connectivity index (χ4n) is 3.51. The molecular formula is C25H23ClN2O3S2. The Morgan fingerprint density at radius 3 is 2.30 bits per heavy atom. The highest BCUT2D eigenvalue weighted by molar-refractivity contribution is 7.90. The fourth-order valence-corrected chi connectivity index (χ4v) is 6.20. The van der Waals surface area contributed by atoms with Crippen molar-refractivity contribution in [2.45, 2.75) is 25.1 Å². The number of anilines is 1. The van der Waals surface area contributed by atoms with E-state index in [1.165, 1.54) is 11.3 Å². The summed E-state index contributed by atoms with van der Waals surface area (Å²) in [5.41, 5.74) is 2.50. The van der Waals surface area contributed by atoms with E-state index in [-0.39, 0.29) is 30.3 Å². The molecule has 5 nitrogen and oxygen atoms in total. The molecule has 1 aromatic heterocycles. The normalized spacial score (nSPS) is 11.5. The molecule has 0 radical (unpaired) electrons. The Kier molecular flexibility index (Phi) is 7.42. The van der Waals surface area contributed by atoms with Gasteiger partial charge in [0.05, 0.1) is 28.3 Å². The second-order valence-corrected chi connectivity index (χ2v) is 11.4. The number of carbonyl (C=O) groups is 1. The van der Waals surface area contributed by atoms with Crippen LogP contribution >= 0.6 is 22.9 Å². The maximum atomic E-state index is 13.2. The summed E-state index contributed by atoms with van der Waals surface area (Å²) in [4.78, 5) is 19.5. The third kappa shape index (κ3) is 6.41. The molecule has 8 heteroatoms. The average Bonchev–Trinajstić information content (AvgIpc) is 3.21. The summed E-state index contributed by atoms with van der Waals surface area (Å²) >= 11 is 7.51. The lowest BCUT2D eigenvalue weighted by atomic mass is 10.2. The van der Waals surface area contributed by atoms with E-state index in [1.54, 1.807) is 23.1 Å². The minimum Gasteiger partial charge on any atom is -0.284 e. The Hall–Kier alpha value is -2.74. The number of rotatable bonds is 9. The number of aromatic nitrogens is 1. The van der Waals surface area contributed by atoms with Gasteiger partial charge in [0.1, 0.15) is 0 Å². The summed E-state index contributed by atoms with van der Waals surface area (Å²) in [5.74, 6) is -0.213. The molecule has 1 heterocycles. The maximum absolute atomic E-state index is 13.2. The monoisotopic (exact) mass is 498 g/mol. The van der Waals surface area contributed by atoms with Crippen molar-refractivity contribution in [3.05, 3.63) is 95.0 Å². The largest absolute Gasteiger partial charge is 0.284 e. The van der Waals surface area contributed by atoms with Crippen molar-refractivity contribution in [3.8, 4) is 0 Å². The molecule has 170 valence electrons. The molecule has 0 N–H and O–H groups in total. The van der Waals surface area contributed by atoms with Gasteiger partial charge in [0.25, 0.3) is 0 Å². The minimum atomic E-state index is -3.30. The standard InChI is InChI=1S/C25H23ClN2O3S2/c26-21-13-14-22-23(16-21)32-25(27-22)28(17-19-8-3-1-4-9-19)24(29)12-7-15-33(30,31)18-20-10-5-2-6-11-20/h1-6,8-11,13-14,16H,7,12,15,17-18H2. The Morgan fingerprint density at radius 1 is 0.939 bits per heavy atom. The third-order valence-electron chi connectivity index (χ3n) is 5.13. The molecule has 0 saturated heterocycles. The number of nitrogens with zero attached hydrogens (tertiary/aromatic N) is 2. The molecule has 0 saturated carbocycles. The molecule has 0 aliphatic heterocycles. The van der Waals surface area contributed by atoms with Gasteiger partial charge < -0.3 is 0 Å². The predicted molar refractivity (Wildman–Crippen MR) is 135 cm³/mol. The van der Waals surface area contributed by atoms with Gasteiger partial charge in [-0.1, -0.05) is 83.6 Å². The lowest BCUT2D eigenvalue weighted by molar-refractivity contribution is -0.118. The van der Waals surface area contributed by atoms with E-state index in [4.69, 9.17) is 11.6 Å². The van der Waals surface area contributed by atoms with E-state index in [1.807, 2.05) is 60.7 Å². The molecule has 0 aliphatic rings. The first-order valence-electron chi connectivity index (χ1n) is 10.5. The van der Waals surface area contributed by atoms with Crippen molar-refractivity contribution in [3.63, 3.8) is 0 Å². The first-order valence-corrected chi connectivity index (χ1v) is 13.6. The maximum Gasteiger partial charge on any atom is 0.229 e. The molecule has 0 unspecified atom stereocenters. The van der Waals surface area contributed by atoms with Crippen LogP contribution in [0.3, 0.4) is 0 Å². The van der Waals surface area contributed by atoms with Crippen LogP contribution in [0.4, 0.5) is 5.13 Å². The number of amides is 1. The molecule has 0 aliphatic carbocycles. The first-order chi connectivity index (χ1) is 15.9. The van der Waals surface area contributed by atoms with Crippen LogP contribution in [0.5, 0.6) is 0 Å². The number of halogens is 1. The number of hydrogen-bond acceptors (Lipinski definition) is 5.